The number of aliphatic carboxylic acids is 1. The van der Waals surface area contributed by atoms with Gasteiger partial charge in [-0.05, 0) is 6.42 Å². The molecule has 0 heterocycles. The predicted molar refractivity (Wildman–Crippen MR) is 22.5 cm³/mol. The van der Waals surface area contributed by atoms with E-state index in [0.717, 1.165) is 0 Å². The first-order valence-electron chi connectivity index (χ1n) is 3.88. The Morgan fingerprint density at radius 2 is 3.00 bits per heavy atom. The number of hydrogen-bond donors (Lipinski definition) is 1. The molecule has 0 atom stereocenters. The van der Waals surface area contributed by atoms with Crippen LogP contribution < -0.4 is 0 Å². The van der Waals surface area contributed by atoms with Crippen LogP contribution in [0, 0.1) is 0 Å². The molecule has 0 spiro atoms. The van der Waals surface area contributed by atoms with Gasteiger partial charge in [0.05, 0.1) is 0 Å². The maximum absolute atomic E-state index is 10.1. The predicted octanol–water partition coefficient (Wildman–Crippen LogP) is 0.871. The summed E-state index contributed by atoms with van der Waals surface area (Å²) in [6.45, 7) is -2.54. The van der Waals surface area contributed by atoms with Crippen molar-refractivity contribution in [3.63, 3.8) is 0 Å². The van der Waals surface area contributed by atoms with Gasteiger partial charge in [0.2, 0.25) is 0 Å². The van der Waals surface area contributed by atoms with Crippen molar-refractivity contribution in [3.05, 3.63) is 0 Å². The maximum Gasteiger partial charge on any atom is 0.303 e. The summed E-state index contributed by atoms with van der Waals surface area (Å²) in [5.41, 5.74) is 0. The molecule has 0 fully saturated rings. The van der Waals surface area contributed by atoms with Crippen LogP contribution in [0.1, 0.15) is 26.5 Å². The van der Waals surface area contributed by atoms with E-state index in [-0.39, 0.29) is 0 Å². The average Bonchev–Trinajstić information content (AvgIpc) is 1.56. The highest BCUT2D eigenvalue weighted by Gasteiger charge is 1.87. The molecule has 0 saturated heterocycles. The fourth-order valence-electron chi connectivity index (χ4n) is 0.0756. The molecule has 0 radical (unpaired) electrons. The van der Waals surface area contributed by atoms with E-state index < -0.39 is 25.6 Å². The largest absolute Gasteiger partial charge is 0.481 e. The summed E-state index contributed by atoms with van der Waals surface area (Å²) in [7, 11) is 0. The first-order valence-corrected chi connectivity index (χ1v) is 1.38. The van der Waals surface area contributed by atoms with Crippen LogP contribution in [0.4, 0.5) is 0 Å². The molecule has 0 aliphatic rings. The highest BCUT2D eigenvalue weighted by molar-refractivity contribution is 5.66. The van der Waals surface area contributed by atoms with Gasteiger partial charge in [-0.25, -0.2) is 0 Å². The Bertz CT molecular complexity index is 160. The van der Waals surface area contributed by atoms with Crippen LogP contribution in [0.5, 0.6) is 0 Å². The molecule has 0 aromatic rings. The molecule has 0 amide bonds. The third-order valence-electron chi connectivity index (χ3n) is 0.240. The van der Waals surface area contributed by atoms with Crippen LogP contribution in [0.2, 0.25) is 0 Å². The normalized spacial score (nSPS) is 25.0. The summed E-state index contributed by atoms with van der Waals surface area (Å²) in [4.78, 5) is 10.1. The molecule has 6 heavy (non-hydrogen) atoms. The van der Waals surface area contributed by atoms with Gasteiger partial charge in [-0.1, -0.05) is 6.85 Å². The van der Waals surface area contributed by atoms with Gasteiger partial charge in [-0.2, -0.15) is 0 Å². The first-order chi connectivity index (χ1) is 4.65. The van der Waals surface area contributed by atoms with Crippen molar-refractivity contribution in [2.75, 3.05) is 0 Å². The second-order valence-corrected chi connectivity index (χ2v) is 0.659. The van der Waals surface area contributed by atoms with Crippen LogP contribution in [0.25, 0.3) is 0 Å². The Hall–Kier alpha value is -0.530. The molecule has 2 nitrogen and oxygen atoms in total. The van der Waals surface area contributed by atoms with Gasteiger partial charge in [0.1, 0.15) is 0 Å². The summed E-state index contributed by atoms with van der Waals surface area (Å²) in [6.07, 6.45) is -3.62. The molecule has 0 saturated carbocycles. The molecule has 0 unspecified atom stereocenters. The van der Waals surface area contributed by atoms with Crippen molar-refractivity contribution < 1.29 is 16.8 Å². The van der Waals surface area contributed by atoms with E-state index in [1.54, 1.807) is 0 Å². The summed E-state index contributed by atoms with van der Waals surface area (Å²) in [5, 5.41) is 8.18. The molecular formula is C4H8O2. The van der Waals surface area contributed by atoms with E-state index in [9.17, 15) is 4.79 Å². The van der Waals surface area contributed by atoms with Crippen LogP contribution >= 0.6 is 0 Å². The van der Waals surface area contributed by atoms with Crippen molar-refractivity contribution in [1.82, 2.24) is 0 Å². The number of hydrogen-bond acceptors (Lipinski definition) is 1. The fraction of sp³-hybridized carbons (Fsp3) is 0.750. The minimum absolute atomic E-state index is 0.963. The molecule has 36 valence electrons. The van der Waals surface area contributed by atoms with Gasteiger partial charge in [0.25, 0.3) is 0 Å². The van der Waals surface area contributed by atoms with Crippen molar-refractivity contribution in [1.29, 1.82) is 0 Å². The van der Waals surface area contributed by atoms with E-state index in [1.807, 2.05) is 0 Å². The molecule has 0 bridgehead atoms. The Morgan fingerprint density at radius 3 is 3.17 bits per heavy atom. The topological polar surface area (TPSA) is 37.3 Å². The average molecular weight is 93.1 g/mol. The lowest BCUT2D eigenvalue weighted by molar-refractivity contribution is -0.137. The SMILES string of the molecule is [2H]C([2H])([2H])CC([2H])([2H])C(=O)O. The van der Waals surface area contributed by atoms with Gasteiger partial charge < -0.3 is 5.11 Å². The second-order valence-electron chi connectivity index (χ2n) is 0.659. The molecule has 1 N–H and O–H groups in total. The summed E-state index contributed by atoms with van der Waals surface area (Å²) >= 11 is 0. The lowest BCUT2D eigenvalue weighted by atomic mass is 10.4. The Morgan fingerprint density at radius 1 is 2.33 bits per heavy atom. The quantitative estimate of drug-likeness (QED) is 0.550. The molecule has 0 aliphatic carbocycles. The number of carbonyl (C=O) groups is 1. The minimum Gasteiger partial charge on any atom is -0.481 e. The zero-order valence-electron chi connectivity index (χ0n) is 8.06. The van der Waals surface area contributed by atoms with Gasteiger partial charge in [-0.15, -0.1) is 0 Å². The van der Waals surface area contributed by atoms with Crippen molar-refractivity contribution >= 4 is 5.97 Å². The third kappa shape index (κ3) is 3.47. The zero-order valence-corrected chi connectivity index (χ0v) is 3.06. The summed E-state index contributed by atoms with van der Waals surface area (Å²) in [6, 6.07) is 0. The highest BCUT2D eigenvalue weighted by Crippen LogP contribution is 1.82. The zero-order chi connectivity index (χ0) is 9.28. The second kappa shape index (κ2) is 2.69. The molecule has 0 aliphatic heterocycles. The van der Waals surface area contributed by atoms with Crippen LogP contribution in [0.3, 0.4) is 0 Å². The molecule has 0 rings (SSSR count). The van der Waals surface area contributed by atoms with Gasteiger partial charge >= 0.3 is 5.97 Å². The van der Waals surface area contributed by atoms with Crippen molar-refractivity contribution in [2.45, 2.75) is 19.6 Å². The van der Waals surface area contributed by atoms with E-state index in [1.165, 1.54) is 0 Å². The minimum atomic E-state index is -2.66. The number of carboxylic acids is 1. The Balaban J connectivity index is 4.25. The Labute approximate surface area is 43.8 Å². The number of rotatable bonds is 2. The summed E-state index contributed by atoms with van der Waals surface area (Å²) < 4.78 is 33.3. The first kappa shape index (κ1) is 1.22. The van der Waals surface area contributed by atoms with Crippen LogP contribution in [-0.2, 0) is 4.79 Å². The standard InChI is InChI=1S/C4H8O2/c1-2-3-4(5)6/h2-3H2,1H3,(H,5,6)/i1D3,3D2. The van der Waals surface area contributed by atoms with E-state index in [2.05, 4.69) is 0 Å². The monoisotopic (exact) mass is 93.1 g/mol. The number of carboxylic acid groups (broad SMARTS) is 1. The molecule has 0 aromatic carbocycles. The lowest BCUT2D eigenvalue weighted by Gasteiger charge is -1.79. The molecular weight excluding hydrogens is 80.0 g/mol. The Kier molecular flexibility index (Phi) is 0.547. The van der Waals surface area contributed by atoms with E-state index >= 15 is 0 Å². The third-order valence-corrected chi connectivity index (χ3v) is 0.240. The molecule has 0 aromatic heterocycles. The van der Waals surface area contributed by atoms with Crippen molar-refractivity contribution in [2.24, 2.45) is 0 Å². The van der Waals surface area contributed by atoms with Gasteiger partial charge in [-0.3, -0.25) is 4.79 Å². The van der Waals surface area contributed by atoms with Crippen LogP contribution in [0.15, 0.2) is 0 Å². The lowest BCUT2D eigenvalue weighted by Crippen LogP contribution is -1.90. The van der Waals surface area contributed by atoms with E-state index in [4.69, 9.17) is 12.0 Å². The fourth-order valence-corrected chi connectivity index (χ4v) is 0.0756. The maximum atomic E-state index is 10.1. The van der Waals surface area contributed by atoms with Gasteiger partial charge in [0.15, 0.2) is 0 Å². The van der Waals surface area contributed by atoms with Gasteiger partial charge in [0, 0.05) is 13.2 Å². The highest BCUT2D eigenvalue weighted by atomic mass is 16.4. The van der Waals surface area contributed by atoms with E-state index in [0.29, 0.717) is 0 Å². The van der Waals surface area contributed by atoms with Crippen molar-refractivity contribution in [3.8, 4) is 0 Å². The molecule has 2 heteroatoms. The summed E-state index contributed by atoms with van der Waals surface area (Å²) in [5.74, 6) is -1.74. The smallest absolute Gasteiger partial charge is 0.303 e. The van der Waals surface area contributed by atoms with Crippen LogP contribution in [-0.4, -0.2) is 11.1 Å².